The third-order valence-corrected chi connectivity index (χ3v) is 5.61. The highest BCUT2D eigenvalue weighted by atomic mass is 35.5. The summed E-state index contributed by atoms with van der Waals surface area (Å²) in [6.07, 6.45) is 4.23. The number of rotatable bonds is 3. The molecule has 0 aliphatic carbocycles. The predicted molar refractivity (Wildman–Crippen MR) is 104 cm³/mol. The largest absolute Gasteiger partial charge is 0.346 e. The van der Waals surface area contributed by atoms with Gasteiger partial charge in [-0.05, 0) is 55.7 Å². The molecule has 1 N–H and O–H groups in total. The third-order valence-electron chi connectivity index (χ3n) is 5.36. The minimum absolute atomic E-state index is 0.0144. The van der Waals surface area contributed by atoms with Crippen molar-refractivity contribution in [1.29, 1.82) is 0 Å². The summed E-state index contributed by atoms with van der Waals surface area (Å²) in [7, 11) is 0. The number of nitro benzene ring substituents is 1. The first kappa shape index (κ1) is 17.9. The molecule has 0 saturated heterocycles. The number of anilines is 1. The van der Waals surface area contributed by atoms with Gasteiger partial charge in [-0.15, -0.1) is 0 Å². The molecule has 0 spiro atoms. The van der Waals surface area contributed by atoms with Crippen molar-refractivity contribution in [1.82, 2.24) is 0 Å². The van der Waals surface area contributed by atoms with Gasteiger partial charge < -0.3 is 5.11 Å². The molecule has 0 aromatic heterocycles. The number of hydrogen-bond donors (Lipinski definition) is 1. The lowest BCUT2D eigenvalue weighted by Gasteiger charge is -2.29. The number of halogens is 1. The van der Waals surface area contributed by atoms with Gasteiger partial charge in [0.2, 0.25) is 0 Å². The Morgan fingerprint density at radius 3 is 2.44 bits per heavy atom. The van der Waals surface area contributed by atoms with Crippen LogP contribution in [0.15, 0.2) is 48.5 Å². The fourth-order valence-corrected chi connectivity index (χ4v) is 4.17. The lowest BCUT2D eigenvalue weighted by atomic mass is 9.99. The van der Waals surface area contributed by atoms with Crippen LogP contribution in [-0.4, -0.2) is 33.5 Å². The topological polar surface area (TPSA) is 69.6 Å². The van der Waals surface area contributed by atoms with Gasteiger partial charge in [-0.25, -0.2) is 0 Å². The first-order chi connectivity index (χ1) is 13.0. The van der Waals surface area contributed by atoms with E-state index in [1.807, 2.05) is 29.2 Å². The summed E-state index contributed by atoms with van der Waals surface area (Å²) in [5.41, 5.74) is 0.235. The molecule has 0 unspecified atom stereocenters. The van der Waals surface area contributed by atoms with Gasteiger partial charge in [-0.3, -0.25) is 14.7 Å². The van der Waals surface area contributed by atoms with Crippen LogP contribution in [0.1, 0.15) is 31.2 Å². The van der Waals surface area contributed by atoms with Gasteiger partial charge in [0.25, 0.3) is 17.2 Å². The Morgan fingerprint density at radius 2 is 1.78 bits per heavy atom. The molecule has 0 amide bonds. The van der Waals surface area contributed by atoms with Crippen LogP contribution >= 0.6 is 11.6 Å². The molecule has 0 bridgehead atoms. The first-order valence-corrected chi connectivity index (χ1v) is 9.51. The number of amidine groups is 1. The second-order valence-corrected chi connectivity index (χ2v) is 7.52. The van der Waals surface area contributed by atoms with Crippen LogP contribution in [0.4, 0.5) is 11.4 Å². The molecule has 2 aromatic carbocycles. The van der Waals surface area contributed by atoms with Gasteiger partial charge in [0.05, 0.1) is 11.5 Å². The van der Waals surface area contributed by atoms with Crippen LogP contribution in [0.3, 0.4) is 0 Å². The van der Waals surface area contributed by atoms with Crippen molar-refractivity contribution in [3.8, 4) is 0 Å². The summed E-state index contributed by atoms with van der Waals surface area (Å²) in [6, 6.07) is 13.6. The van der Waals surface area contributed by atoms with Gasteiger partial charge in [0.1, 0.15) is 5.69 Å². The molecule has 2 aromatic rings. The van der Waals surface area contributed by atoms with Crippen LogP contribution in [-0.2, 0) is 5.72 Å². The summed E-state index contributed by atoms with van der Waals surface area (Å²) in [5, 5.41) is 23.4. The predicted octanol–water partition coefficient (Wildman–Crippen LogP) is 3.90. The van der Waals surface area contributed by atoms with Crippen LogP contribution < -0.4 is 4.90 Å². The van der Waals surface area contributed by atoms with Crippen LogP contribution in [0, 0.1) is 10.1 Å². The van der Waals surface area contributed by atoms with E-state index in [9.17, 15) is 15.2 Å². The molecule has 0 saturated carbocycles. The number of non-ortho nitro benzene ring substituents is 1. The van der Waals surface area contributed by atoms with Crippen LogP contribution in [0.2, 0.25) is 5.02 Å². The summed E-state index contributed by atoms with van der Waals surface area (Å²) in [6.45, 7) is 1.33. The lowest BCUT2D eigenvalue weighted by molar-refractivity contribution is -0.534. The average molecular weight is 387 g/mol. The van der Waals surface area contributed by atoms with E-state index in [0.717, 1.165) is 37.3 Å². The van der Waals surface area contributed by atoms with Gasteiger partial charge in [0, 0.05) is 29.1 Å². The average Bonchev–Trinajstić information content (AvgIpc) is 2.79. The van der Waals surface area contributed by atoms with E-state index in [1.165, 1.54) is 18.6 Å². The molecule has 140 valence electrons. The second kappa shape index (κ2) is 6.94. The van der Waals surface area contributed by atoms with Gasteiger partial charge in [0.15, 0.2) is 6.54 Å². The van der Waals surface area contributed by atoms with Gasteiger partial charge in [-0.1, -0.05) is 11.6 Å². The van der Waals surface area contributed by atoms with Crippen molar-refractivity contribution in [3.63, 3.8) is 0 Å². The Bertz CT molecular complexity index is 896. The molecule has 2 heterocycles. The quantitative estimate of drug-likeness (QED) is 0.493. The fourth-order valence-electron chi connectivity index (χ4n) is 4.05. The molecule has 0 fully saturated rings. The van der Waals surface area contributed by atoms with Crippen molar-refractivity contribution in [2.75, 3.05) is 18.0 Å². The zero-order valence-electron chi connectivity index (χ0n) is 14.8. The number of nitro groups is 1. The molecule has 1 atom stereocenters. The highest BCUT2D eigenvalue weighted by Crippen LogP contribution is 2.38. The normalized spacial score (nSPS) is 22.5. The van der Waals surface area contributed by atoms with Crippen molar-refractivity contribution < 1.29 is 14.6 Å². The maximum absolute atomic E-state index is 11.8. The molecule has 27 heavy (non-hydrogen) atoms. The van der Waals surface area contributed by atoms with E-state index in [-0.39, 0.29) is 5.69 Å². The van der Waals surface area contributed by atoms with Crippen molar-refractivity contribution in [2.24, 2.45) is 0 Å². The zero-order chi connectivity index (χ0) is 19.0. The molecular weight excluding hydrogens is 366 g/mol. The standard InChI is InChI=1S/C20H21ClN3O3/c21-16-7-11-17(12-8-16)23-19-4-2-1-3-13-22(19)14-20(23,25)15-5-9-18(10-6-15)24(26)27/h5-12,25H,1-4,13-14H2/q+1/t20-/m1/s1. The highest BCUT2D eigenvalue weighted by Gasteiger charge is 2.54. The van der Waals surface area contributed by atoms with Crippen molar-refractivity contribution >= 4 is 28.8 Å². The van der Waals surface area contributed by atoms with E-state index in [0.29, 0.717) is 17.1 Å². The fraction of sp³-hybridized carbons (Fsp3) is 0.350. The minimum Gasteiger partial charge on any atom is -0.346 e. The molecule has 6 nitrogen and oxygen atoms in total. The van der Waals surface area contributed by atoms with E-state index in [1.54, 1.807) is 12.1 Å². The van der Waals surface area contributed by atoms with E-state index in [4.69, 9.17) is 11.6 Å². The Labute approximate surface area is 162 Å². The number of nitrogens with zero attached hydrogens (tertiary/aromatic N) is 3. The molecule has 0 radical (unpaired) electrons. The smallest absolute Gasteiger partial charge is 0.275 e. The highest BCUT2D eigenvalue weighted by molar-refractivity contribution is 6.30. The van der Waals surface area contributed by atoms with E-state index in [2.05, 4.69) is 4.58 Å². The third kappa shape index (κ3) is 3.19. The Hall–Kier alpha value is -2.44. The molecule has 7 heteroatoms. The van der Waals surface area contributed by atoms with Crippen LogP contribution in [0.25, 0.3) is 0 Å². The molecule has 2 aliphatic heterocycles. The maximum Gasteiger partial charge on any atom is 0.275 e. The monoisotopic (exact) mass is 386 g/mol. The summed E-state index contributed by atoms with van der Waals surface area (Å²) >= 11 is 6.05. The first-order valence-electron chi connectivity index (χ1n) is 9.13. The Morgan fingerprint density at radius 1 is 1.07 bits per heavy atom. The van der Waals surface area contributed by atoms with E-state index < -0.39 is 10.6 Å². The van der Waals surface area contributed by atoms with Gasteiger partial charge >= 0.3 is 0 Å². The van der Waals surface area contributed by atoms with Crippen LogP contribution in [0.5, 0.6) is 0 Å². The molecule has 4 rings (SSSR count). The number of aliphatic hydroxyl groups is 1. The SMILES string of the molecule is O=[N+]([O-])c1ccc([C@]2(O)C[N+]3=C(CCCCC3)N2c2ccc(Cl)cc2)cc1. The zero-order valence-corrected chi connectivity index (χ0v) is 15.6. The van der Waals surface area contributed by atoms with Gasteiger partial charge in [-0.2, -0.15) is 4.90 Å². The summed E-state index contributed by atoms with van der Waals surface area (Å²) < 4.78 is 2.24. The van der Waals surface area contributed by atoms with E-state index >= 15 is 0 Å². The molecule has 2 aliphatic rings. The van der Waals surface area contributed by atoms with Crippen molar-refractivity contribution in [2.45, 2.75) is 31.4 Å². The summed E-state index contributed by atoms with van der Waals surface area (Å²) in [5.74, 6) is 1.09. The Balaban J connectivity index is 1.80. The number of hydrogen-bond acceptors (Lipinski definition) is 4. The maximum atomic E-state index is 11.8. The second-order valence-electron chi connectivity index (χ2n) is 7.08. The Kier molecular flexibility index (Phi) is 4.61. The molecular formula is C20H21ClN3O3+. The lowest BCUT2D eigenvalue weighted by Crippen LogP contribution is -2.47. The van der Waals surface area contributed by atoms with Crippen molar-refractivity contribution in [3.05, 3.63) is 69.2 Å². The summed E-state index contributed by atoms with van der Waals surface area (Å²) in [4.78, 5) is 12.5. The number of benzene rings is 2. The minimum atomic E-state index is -1.28.